The Hall–Kier alpha value is -5.02. The highest BCUT2D eigenvalue weighted by molar-refractivity contribution is 5.98. The minimum Gasteiger partial charge on any atom is -0.391 e. The topological polar surface area (TPSA) is 114 Å². The Morgan fingerprint density at radius 1 is 0.953 bits per heavy atom. The molecule has 3 N–H and O–H groups in total. The number of rotatable bonds is 4. The van der Waals surface area contributed by atoms with Gasteiger partial charge in [0.05, 0.1) is 11.8 Å². The van der Waals surface area contributed by atoms with Crippen LogP contribution in [0.5, 0.6) is 0 Å². The fourth-order valence-corrected chi connectivity index (χ4v) is 6.12. The summed E-state index contributed by atoms with van der Waals surface area (Å²) in [6.07, 6.45) is 2.63. The van der Waals surface area contributed by atoms with Gasteiger partial charge in [0.15, 0.2) is 0 Å². The number of hydrogen-bond acceptors (Lipinski definition) is 5. The molecule has 5 aromatic rings. The Kier molecular flexibility index (Phi) is 6.87. The Morgan fingerprint density at radius 3 is 2.47 bits per heavy atom. The van der Waals surface area contributed by atoms with Gasteiger partial charge in [-0.05, 0) is 66.3 Å². The van der Waals surface area contributed by atoms with E-state index >= 15 is 0 Å². The van der Waals surface area contributed by atoms with Gasteiger partial charge in [-0.1, -0.05) is 48.5 Å². The minimum absolute atomic E-state index is 0.0631. The van der Waals surface area contributed by atoms with E-state index in [4.69, 9.17) is 0 Å². The van der Waals surface area contributed by atoms with Gasteiger partial charge in [-0.25, -0.2) is 14.8 Å². The maximum absolute atomic E-state index is 13.2. The number of benzene rings is 3. The monoisotopic (exact) mass is 572 g/mol. The largest absolute Gasteiger partial charge is 0.391 e. The van der Waals surface area contributed by atoms with E-state index in [9.17, 15) is 14.7 Å². The first kappa shape index (κ1) is 26.9. The molecule has 4 heterocycles. The Morgan fingerprint density at radius 2 is 1.72 bits per heavy atom. The van der Waals surface area contributed by atoms with Crippen LogP contribution in [0.25, 0.3) is 33.5 Å². The number of aromatic nitrogens is 3. The van der Waals surface area contributed by atoms with Gasteiger partial charge in [-0.2, -0.15) is 0 Å². The second-order valence-corrected chi connectivity index (χ2v) is 11.3. The van der Waals surface area contributed by atoms with Crippen molar-refractivity contribution in [2.45, 2.75) is 39.0 Å². The first-order valence-corrected chi connectivity index (χ1v) is 14.6. The summed E-state index contributed by atoms with van der Waals surface area (Å²) in [5.41, 5.74) is 8.77. The van der Waals surface area contributed by atoms with Crippen LogP contribution < -0.4 is 5.32 Å². The average Bonchev–Trinajstić information content (AvgIpc) is 3.67. The van der Waals surface area contributed by atoms with Crippen molar-refractivity contribution in [3.63, 3.8) is 0 Å². The number of urea groups is 1. The lowest BCUT2D eigenvalue weighted by Gasteiger charge is -2.30. The van der Waals surface area contributed by atoms with Gasteiger partial charge < -0.3 is 25.2 Å². The molecule has 2 aromatic heterocycles. The second kappa shape index (κ2) is 11.0. The number of carbonyl (C=O) groups excluding carboxylic acids is 2. The van der Waals surface area contributed by atoms with Crippen LogP contribution in [0, 0.1) is 6.92 Å². The van der Waals surface area contributed by atoms with Gasteiger partial charge in [0.25, 0.3) is 5.91 Å². The number of nitrogens with zero attached hydrogens (tertiary/aromatic N) is 4. The van der Waals surface area contributed by atoms with Gasteiger partial charge in [0.2, 0.25) is 0 Å². The number of likely N-dealkylation sites (tertiary alicyclic amines) is 1. The molecule has 0 radical (unpaired) electrons. The molecule has 2 aliphatic heterocycles. The number of aromatic amines is 1. The van der Waals surface area contributed by atoms with E-state index in [0.29, 0.717) is 37.4 Å². The highest BCUT2D eigenvalue weighted by Crippen LogP contribution is 2.34. The molecule has 1 saturated heterocycles. The molecule has 43 heavy (non-hydrogen) atoms. The maximum Gasteiger partial charge on any atom is 0.322 e. The molecular weight excluding hydrogens is 540 g/mol. The van der Waals surface area contributed by atoms with E-state index in [2.05, 4.69) is 32.4 Å². The third kappa shape index (κ3) is 5.12. The highest BCUT2D eigenvalue weighted by atomic mass is 16.3. The summed E-state index contributed by atoms with van der Waals surface area (Å²) in [5, 5.41) is 13.9. The van der Waals surface area contributed by atoms with Crippen LogP contribution in [0.1, 0.15) is 39.9 Å². The van der Waals surface area contributed by atoms with Gasteiger partial charge in [-0.3, -0.25) is 4.79 Å². The second-order valence-electron chi connectivity index (χ2n) is 11.3. The van der Waals surface area contributed by atoms with Crippen LogP contribution in [-0.2, 0) is 13.1 Å². The van der Waals surface area contributed by atoms with Crippen LogP contribution in [0.4, 0.5) is 10.5 Å². The number of amides is 3. The third-order valence-electron chi connectivity index (χ3n) is 8.51. The van der Waals surface area contributed by atoms with Crippen molar-refractivity contribution >= 4 is 28.7 Å². The summed E-state index contributed by atoms with van der Waals surface area (Å²) in [6.45, 7) is 4.22. The van der Waals surface area contributed by atoms with Crippen molar-refractivity contribution in [1.82, 2.24) is 24.8 Å². The summed E-state index contributed by atoms with van der Waals surface area (Å²) in [6, 6.07) is 23.4. The molecular formula is C34H32N6O3. The van der Waals surface area contributed by atoms with E-state index in [-0.39, 0.29) is 11.9 Å². The number of nitrogens with one attached hydrogen (secondary N) is 2. The average molecular weight is 573 g/mol. The molecule has 3 aromatic carbocycles. The lowest BCUT2D eigenvalue weighted by molar-refractivity contribution is 0.0474. The Balaban J connectivity index is 1.13. The first-order valence-electron chi connectivity index (χ1n) is 14.6. The molecule has 1 unspecified atom stereocenters. The zero-order valence-electron chi connectivity index (χ0n) is 23.9. The van der Waals surface area contributed by atoms with E-state index in [1.54, 1.807) is 11.2 Å². The van der Waals surface area contributed by atoms with Crippen LogP contribution in [0.3, 0.4) is 0 Å². The summed E-state index contributed by atoms with van der Waals surface area (Å²) >= 11 is 0. The van der Waals surface area contributed by atoms with E-state index in [1.807, 2.05) is 72.5 Å². The van der Waals surface area contributed by atoms with Gasteiger partial charge >= 0.3 is 6.03 Å². The quantitative estimate of drug-likeness (QED) is 0.254. The molecule has 3 amide bonds. The Labute approximate surface area is 249 Å². The van der Waals surface area contributed by atoms with E-state index in [1.165, 1.54) is 11.1 Å². The highest BCUT2D eigenvalue weighted by Gasteiger charge is 2.25. The van der Waals surface area contributed by atoms with Crippen molar-refractivity contribution in [3.05, 3.63) is 101 Å². The number of anilines is 1. The van der Waals surface area contributed by atoms with Crippen molar-refractivity contribution in [1.29, 1.82) is 0 Å². The smallest absolute Gasteiger partial charge is 0.322 e. The summed E-state index contributed by atoms with van der Waals surface area (Å²) in [7, 11) is 0. The lowest BCUT2D eigenvalue weighted by atomic mass is 10.0. The number of β-amino-alcohol motifs (C(OH)–C–C–N with tert-alkyl or cyclic N) is 1. The molecule has 216 valence electrons. The number of fused-ring (bicyclic) bond motifs is 2. The van der Waals surface area contributed by atoms with Crippen LogP contribution in [0.15, 0.2) is 79.1 Å². The molecule has 0 aliphatic carbocycles. The zero-order chi connectivity index (χ0) is 29.5. The Bertz CT molecular complexity index is 1820. The van der Waals surface area contributed by atoms with E-state index < -0.39 is 6.10 Å². The number of hydrogen-bond donors (Lipinski definition) is 3. The van der Waals surface area contributed by atoms with Crippen molar-refractivity contribution < 1.29 is 14.7 Å². The SMILES string of the molecule is Cc1c(NC(=O)N2Cc3ccccc3C2)cccc1-c1ncnc2[nH]c(-c3ccc(C(=O)N4CCCC(O)C4)cc3)cc12. The number of carbonyl (C=O) groups is 2. The van der Waals surface area contributed by atoms with Crippen LogP contribution in [-0.4, -0.2) is 61.0 Å². The predicted octanol–water partition coefficient (Wildman–Crippen LogP) is 5.74. The molecule has 9 heteroatoms. The molecule has 1 fully saturated rings. The molecule has 7 rings (SSSR count). The van der Waals surface area contributed by atoms with E-state index in [0.717, 1.165) is 52.0 Å². The van der Waals surface area contributed by atoms with Crippen molar-refractivity contribution in [2.24, 2.45) is 0 Å². The number of aliphatic hydroxyl groups excluding tert-OH is 1. The predicted molar refractivity (Wildman–Crippen MR) is 165 cm³/mol. The first-order chi connectivity index (χ1) is 20.9. The van der Waals surface area contributed by atoms with Crippen LogP contribution >= 0.6 is 0 Å². The standard InChI is InChI=1S/C34H32N6O3/c1-21-27(9-4-10-29(21)38-34(43)40-17-24-6-2-3-7-25(24)18-40)31-28-16-30(37-32(28)36-20-35-31)22-11-13-23(14-12-22)33(42)39-15-5-8-26(41)19-39/h2-4,6-7,9-14,16,20,26,41H,5,8,15,17-19H2,1H3,(H,38,43)(H,35,36,37). The minimum atomic E-state index is -0.456. The zero-order valence-corrected chi connectivity index (χ0v) is 23.9. The van der Waals surface area contributed by atoms with Gasteiger partial charge in [-0.15, -0.1) is 0 Å². The molecule has 0 spiro atoms. The van der Waals surface area contributed by atoms with Gasteiger partial charge in [0.1, 0.15) is 12.0 Å². The maximum atomic E-state index is 13.2. The number of H-pyrrole nitrogens is 1. The number of piperidine rings is 1. The number of aliphatic hydroxyl groups is 1. The molecule has 9 nitrogen and oxygen atoms in total. The molecule has 0 saturated carbocycles. The summed E-state index contributed by atoms with van der Waals surface area (Å²) in [5.74, 6) is -0.0631. The molecule has 2 aliphatic rings. The fraction of sp³-hybridized carbons (Fsp3) is 0.235. The fourth-order valence-electron chi connectivity index (χ4n) is 6.12. The van der Waals surface area contributed by atoms with Crippen molar-refractivity contribution in [2.75, 3.05) is 18.4 Å². The summed E-state index contributed by atoms with van der Waals surface area (Å²) in [4.78, 5) is 42.2. The van der Waals surface area contributed by atoms with Crippen LogP contribution in [0.2, 0.25) is 0 Å². The summed E-state index contributed by atoms with van der Waals surface area (Å²) < 4.78 is 0. The van der Waals surface area contributed by atoms with Crippen molar-refractivity contribution in [3.8, 4) is 22.5 Å². The molecule has 0 bridgehead atoms. The molecule has 1 atom stereocenters. The third-order valence-corrected chi connectivity index (χ3v) is 8.51. The lowest BCUT2D eigenvalue weighted by Crippen LogP contribution is -2.42. The normalized spacial score (nSPS) is 16.4. The van der Waals surface area contributed by atoms with Gasteiger partial charge in [0, 0.05) is 54.1 Å².